The van der Waals surface area contributed by atoms with E-state index in [-0.39, 0.29) is 38.6 Å². The van der Waals surface area contributed by atoms with Gasteiger partial charge < -0.3 is 0 Å². The second-order valence-corrected chi connectivity index (χ2v) is 11.3. The third-order valence-corrected chi connectivity index (χ3v) is 9.93. The van der Waals surface area contributed by atoms with Gasteiger partial charge in [0.1, 0.15) is 0 Å². The Hall–Kier alpha value is -1.07. The van der Waals surface area contributed by atoms with Crippen molar-refractivity contribution in [3.8, 4) is 0 Å². The number of rotatable bonds is 5. The number of nitro groups is 1. The van der Waals surface area contributed by atoms with Gasteiger partial charge in [0.05, 0.1) is 15.5 Å². The van der Waals surface area contributed by atoms with E-state index in [2.05, 4.69) is 15.9 Å². The summed E-state index contributed by atoms with van der Waals surface area (Å²) in [6, 6.07) is 3.80. The zero-order valence-corrected chi connectivity index (χ0v) is 18.3. The van der Waals surface area contributed by atoms with Crippen molar-refractivity contribution < 1.29 is 23.0 Å². The van der Waals surface area contributed by atoms with E-state index in [0.717, 1.165) is 10.9 Å². The molecule has 2 saturated carbocycles. The normalized spacial score (nSPS) is 39.4. The number of Topliss-reactive ketones (excluding diaryl/α,β-unsaturated/α-hetero) is 1. The lowest BCUT2D eigenvalue weighted by molar-refractivity contribution is -0.384. The number of hydrogen-bond donors (Lipinski definition) is 0. The van der Waals surface area contributed by atoms with Crippen molar-refractivity contribution >= 4 is 49.0 Å². The van der Waals surface area contributed by atoms with Crippen molar-refractivity contribution in [2.45, 2.75) is 37.7 Å². The van der Waals surface area contributed by atoms with Crippen molar-refractivity contribution in [2.24, 2.45) is 16.7 Å². The Kier molecular flexibility index (Phi) is 4.49. The molecule has 1 heterocycles. The molecule has 8 nitrogen and oxygen atoms in total. The van der Waals surface area contributed by atoms with Crippen molar-refractivity contribution in [3.05, 3.63) is 38.9 Å². The first-order chi connectivity index (χ1) is 12.9. The molecule has 6 atom stereocenters. The minimum Gasteiger partial charge on any atom is -0.298 e. The van der Waals surface area contributed by atoms with E-state index in [1.165, 1.54) is 18.2 Å². The summed E-state index contributed by atoms with van der Waals surface area (Å²) >= 11 is 9.53. The van der Waals surface area contributed by atoms with Crippen LogP contribution in [-0.4, -0.2) is 34.2 Å². The summed E-state index contributed by atoms with van der Waals surface area (Å²) in [4.78, 5) is 28.0. The number of benzene rings is 1. The van der Waals surface area contributed by atoms with Gasteiger partial charge in [0.25, 0.3) is 5.69 Å². The maximum Gasteiger partial charge on any atom is 0.269 e. The van der Waals surface area contributed by atoms with Gasteiger partial charge >= 0.3 is 0 Å². The van der Waals surface area contributed by atoms with Crippen LogP contribution in [-0.2, 0) is 19.7 Å². The van der Waals surface area contributed by atoms with Gasteiger partial charge in [-0.15, -0.1) is 0 Å². The quantitative estimate of drug-likeness (QED) is 0.268. The summed E-state index contributed by atoms with van der Waals surface area (Å²) in [5.41, 5.74) is -1.42. The molecule has 28 heavy (non-hydrogen) atoms. The summed E-state index contributed by atoms with van der Waals surface area (Å²) < 4.78 is 26.9. The first-order valence-corrected chi connectivity index (χ1v) is 11.6. The molecule has 4 rings (SSSR count). The van der Waals surface area contributed by atoms with E-state index in [1.54, 1.807) is 0 Å². The molecule has 1 aromatic carbocycles. The molecule has 1 saturated heterocycles. The van der Waals surface area contributed by atoms with Crippen LogP contribution in [0.3, 0.4) is 0 Å². The van der Waals surface area contributed by atoms with Crippen LogP contribution in [0.15, 0.2) is 18.2 Å². The summed E-state index contributed by atoms with van der Waals surface area (Å²) in [6.45, 7) is 3.68. The van der Waals surface area contributed by atoms with E-state index in [1.807, 2.05) is 13.8 Å². The molecular weight excluding hydrogens is 476 g/mol. The predicted molar refractivity (Wildman–Crippen MR) is 104 cm³/mol. The molecule has 152 valence electrons. The zero-order valence-electron chi connectivity index (χ0n) is 15.1. The fourth-order valence-corrected chi connectivity index (χ4v) is 8.41. The number of nitrogens with zero attached hydrogens (tertiary/aromatic N) is 2. The van der Waals surface area contributed by atoms with Crippen LogP contribution in [0.4, 0.5) is 5.69 Å². The molecule has 3 fully saturated rings. The SMILES string of the molecule is CC1(CS(=O)(=O)N2O[C@H]2c2cc([N+](=O)[O-])ccc2Cl)[C@H]2CC[C@]1(C)C(=O)[C@H]2Br. The largest absolute Gasteiger partial charge is 0.298 e. The number of halogens is 2. The summed E-state index contributed by atoms with van der Waals surface area (Å²) in [7, 11) is -3.88. The minimum atomic E-state index is -3.88. The standard InChI is InChI=1S/C17H18BrClN2O6S/c1-16-6-5-11(13(18)14(16)22)17(16,2)8-28(25,26)21-15(27-21)10-7-9(20(23)24)3-4-12(10)19/h3-4,7,11,13,15H,5-6,8H2,1-2H3/t11-,13-,15-,16+,17?,21?/m0/s1. The number of nitro benzene ring substituents is 1. The monoisotopic (exact) mass is 492 g/mol. The summed E-state index contributed by atoms with van der Waals surface area (Å²) in [6.07, 6.45) is 0.444. The van der Waals surface area contributed by atoms with Crippen LogP contribution in [0.5, 0.6) is 0 Å². The predicted octanol–water partition coefficient (Wildman–Crippen LogP) is 3.59. The maximum atomic E-state index is 13.0. The molecule has 11 heteroatoms. The van der Waals surface area contributed by atoms with E-state index < -0.39 is 32.0 Å². The zero-order chi connectivity index (χ0) is 20.6. The highest BCUT2D eigenvalue weighted by Gasteiger charge is 2.69. The molecule has 1 aromatic rings. The highest BCUT2D eigenvalue weighted by molar-refractivity contribution is 9.10. The third-order valence-electron chi connectivity index (χ3n) is 6.74. The number of carbonyl (C=O) groups excluding carboxylic acids is 1. The maximum absolute atomic E-state index is 13.0. The topological polar surface area (TPSA) is 110 Å². The van der Waals surface area contributed by atoms with Crippen LogP contribution in [0.1, 0.15) is 38.5 Å². The number of ketones is 1. The molecule has 0 radical (unpaired) electrons. The molecule has 3 aliphatic rings. The van der Waals surface area contributed by atoms with Gasteiger partial charge in [-0.05, 0) is 34.7 Å². The molecule has 2 aliphatic carbocycles. The number of hydroxylamine groups is 1. The average molecular weight is 494 g/mol. The summed E-state index contributed by atoms with van der Waals surface area (Å²) in [5.74, 6) is -0.260. The Labute approximate surface area is 175 Å². The fraction of sp³-hybridized carbons (Fsp3) is 0.588. The lowest BCUT2D eigenvalue weighted by Crippen LogP contribution is -2.41. The molecule has 0 amide bonds. The van der Waals surface area contributed by atoms with E-state index in [9.17, 15) is 23.3 Å². The number of alkyl halides is 1. The number of fused-ring (bicyclic) bond motifs is 2. The van der Waals surface area contributed by atoms with Gasteiger partial charge in [0, 0.05) is 28.1 Å². The Bertz CT molecular complexity index is 1000. The first-order valence-electron chi connectivity index (χ1n) is 8.73. The van der Waals surface area contributed by atoms with Gasteiger partial charge in [-0.1, -0.05) is 41.4 Å². The number of carbonyl (C=O) groups is 1. The van der Waals surface area contributed by atoms with E-state index in [0.29, 0.717) is 6.42 Å². The Morgan fingerprint density at radius 1 is 1.43 bits per heavy atom. The molecule has 2 bridgehead atoms. The Morgan fingerprint density at radius 3 is 2.68 bits per heavy atom. The van der Waals surface area contributed by atoms with Crippen LogP contribution in [0.25, 0.3) is 0 Å². The molecule has 1 aliphatic heterocycles. The second kappa shape index (κ2) is 6.21. The fourth-order valence-electron chi connectivity index (χ4n) is 4.81. The van der Waals surface area contributed by atoms with E-state index >= 15 is 0 Å². The minimum absolute atomic E-state index is 0.0476. The number of hydrogen-bond acceptors (Lipinski definition) is 6. The van der Waals surface area contributed by atoms with Gasteiger partial charge in [0.2, 0.25) is 10.0 Å². The third kappa shape index (κ3) is 2.68. The molecule has 2 unspecified atom stereocenters. The van der Waals surface area contributed by atoms with Crippen molar-refractivity contribution in [1.82, 2.24) is 4.47 Å². The highest BCUT2D eigenvalue weighted by Crippen LogP contribution is 2.66. The summed E-state index contributed by atoms with van der Waals surface area (Å²) in [5, 5.41) is 11.2. The number of non-ortho nitro benzene ring substituents is 1. The number of sulfonamides is 1. The van der Waals surface area contributed by atoms with Crippen LogP contribution >= 0.6 is 27.5 Å². The molecular formula is C17H18BrClN2O6S. The van der Waals surface area contributed by atoms with E-state index in [4.69, 9.17) is 16.4 Å². The lowest BCUT2D eigenvalue weighted by Gasteiger charge is -2.35. The lowest BCUT2D eigenvalue weighted by atomic mass is 9.70. The van der Waals surface area contributed by atoms with Gasteiger partial charge in [-0.2, -0.15) is 0 Å². The molecule has 0 aromatic heterocycles. The Balaban J connectivity index is 1.60. The molecule has 0 N–H and O–H groups in total. The van der Waals surface area contributed by atoms with Gasteiger partial charge in [0.15, 0.2) is 12.0 Å². The van der Waals surface area contributed by atoms with Crippen LogP contribution in [0, 0.1) is 26.9 Å². The van der Waals surface area contributed by atoms with Gasteiger partial charge in [-0.25, -0.2) is 8.42 Å². The van der Waals surface area contributed by atoms with Crippen LogP contribution in [0.2, 0.25) is 5.02 Å². The molecule has 0 spiro atoms. The highest BCUT2D eigenvalue weighted by atomic mass is 79.9. The second-order valence-electron chi connectivity index (χ2n) is 8.09. The van der Waals surface area contributed by atoms with Crippen molar-refractivity contribution in [3.63, 3.8) is 0 Å². The smallest absolute Gasteiger partial charge is 0.269 e. The van der Waals surface area contributed by atoms with Crippen molar-refractivity contribution in [2.75, 3.05) is 5.75 Å². The van der Waals surface area contributed by atoms with Crippen LogP contribution < -0.4 is 0 Å². The van der Waals surface area contributed by atoms with Gasteiger partial charge in [-0.3, -0.25) is 19.7 Å². The Morgan fingerprint density at radius 2 is 2.11 bits per heavy atom. The first kappa shape index (κ1) is 20.2. The average Bonchev–Trinajstić information content (AvgIpc) is 3.34. The van der Waals surface area contributed by atoms with Crippen molar-refractivity contribution in [1.29, 1.82) is 0 Å².